The third-order valence-corrected chi connectivity index (χ3v) is 3.87. The molecular weight excluding hydrogens is 282 g/mol. The van der Waals surface area contributed by atoms with Gasteiger partial charge in [0.1, 0.15) is 0 Å². The highest BCUT2D eigenvalue weighted by Crippen LogP contribution is 2.25. The van der Waals surface area contributed by atoms with Crippen LogP contribution in [0.1, 0.15) is 64.5 Å². The lowest BCUT2D eigenvalue weighted by Gasteiger charge is -2.21. The van der Waals surface area contributed by atoms with Crippen LogP contribution >= 0.6 is 11.6 Å². The maximum atomic E-state index is 6.31. The van der Waals surface area contributed by atoms with Crippen LogP contribution in [0.15, 0.2) is 24.3 Å². The molecule has 0 spiro atoms. The molecule has 1 atom stereocenters. The maximum Gasteiger partial charge on any atom is 0.0963 e. The van der Waals surface area contributed by atoms with Crippen molar-refractivity contribution in [2.45, 2.75) is 65.0 Å². The second-order valence-electron chi connectivity index (χ2n) is 5.86. The van der Waals surface area contributed by atoms with Crippen LogP contribution in [0.5, 0.6) is 0 Å². The van der Waals surface area contributed by atoms with Crippen molar-refractivity contribution in [2.24, 2.45) is 0 Å². The maximum absolute atomic E-state index is 6.31. The molecule has 1 unspecified atom stereocenters. The van der Waals surface area contributed by atoms with Crippen LogP contribution < -0.4 is 5.32 Å². The monoisotopic (exact) mass is 311 g/mol. The molecule has 0 amide bonds. The van der Waals surface area contributed by atoms with Crippen molar-refractivity contribution in [2.75, 3.05) is 13.2 Å². The number of unbranched alkanes of at least 4 members (excludes halogenated alkanes) is 4. The highest BCUT2D eigenvalue weighted by Gasteiger charge is 2.15. The first-order chi connectivity index (χ1) is 10.1. The second-order valence-corrected chi connectivity index (χ2v) is 6.27. The molecule has 0 aromatic heterocycles. The smallest absolute Gasteiger partial charge is 0.0963 e. The molecule has 2 nitrogen and oxygen atoms in total. The lowest BCUT2D eigenvalue weighted by atomic mass is 10.1. The SMILES string of the molecule is CCCCCCCOC(CNC(C)C)c1ccccc1Cl. The minimum Gasteiger partial charge on any atom is -0.372 e. The number of benzene rings is 1. The van der Waals surface area contributed by atoms with Gasteiger partial charge in [0.15, 0.2) is 0 Å². The van der Waals surface area contributed by atoms with Crippen LogP contribution in [0.25, 0.3) is 0 Å². The molecule has 3 heteroatoms. The van der Waals surface area contributed by atoms with Gasteiger partial charge in [-0.25, -0.2) is 0 Å². The summed E-state index contributed by atoms with van der Waals surface area (Å²) in [6.07, 6.45) is 6.32. The third-order valence-electron chi connectivity index (χ3n) is 3.53. The number of rotatable bonds is 11. The van der Waals surface area contributed by atoms with Crippen LogP contribution in [-0.4, -0.2) is 19.2 Å². The molecule has 1 N–H and O–H groups in total. The number of hydrogen-bond acceptors (Lipinski definition) is 2. The number of ether oxygens (including phenoxy) is 1. The van der Waals surface area contributed by atoms with Crippen LogP contribution in [0, 0.1) is 0 Å². The summed E-state index contributed by atoms with van der Waals surface area (Å²) < 4.78 is 6.09. The molecule has 1 aromatic carbocycles. The lowest BCUT2D eigenvalue weighted by Crippen LogP contribution is -2.29. The van der Waals surface area contributed by atoms with E-state index >= 15 is 0 Å². The van der Waals surface area contributed by atoms with E-state index in [1.807, 2.05) is 18.2 Å². The van der Waals surface area contributed by atoms with E-state index in [4.69, 9.17) is 16.3 Å². The molecule has 0 heterocycles. The van der Waals surface area contributed by atoms with Crippen LogP contribution in [0.4, 0.5) is 0 Å². The zero-order valence-corrected chi connectivity index (χ0v) is 14.5. The predicted octanol–water partition coefficient (Wildman–Crippen LogP) is 5.37. The van der Waals surface area contributed by atoms with Gasteiger partial charge in [-0.05, 0) is 12.5 Å². The van der Waals surface area contributed by atoms with Crippen molar-refractivity contribution in [3.8, 4) is 0 Å². The van der Waals surface area contributed by atoms with Gasteiger partial charge in [0.2, 0.25) is 0 Å². The molecule has 0 aliphatic carbocycles. The van der Waals surface area contributed by atoms with Gasteiger partial charge in [0.25, 0.3) is 0 Å². The Balaban J connectivity index is 2.47. The van der Waals surface area contributed by atoms with Crippen LogP contribution in [0.3, 0.4) is 0 Å². The summed E-state index contributed by atoms with van der Waals surface area (Å²) in [6.45, 7) is 8.14. The van der Waals surface area contributed by atoms with E-state index in [-0.39, 0.29) is 6.10 Å². The first-order valence-electron chi connectivity index (χ1n) is 8.24. The third kappa shape index (κ3) is 7.85. The van der Waals surface area contributed by atoms with E-state index in [0.717, 1.165) is 30.2 Å². The van der Waals surface area contributed by atoms with E-state index in [2.05, 4.69) is 32.2 Å². The summed E-state index contributed by atoms with van der Waals surface area (Å²) in [5, 5.41) is 4.24. The molecular formula is C18H30ClNO. The van der Waals surface area contributed by atoms with Crippen molar-refractivity contribution in [3.63, 3.8) is 0 Å². The summed E-state index contributed by atoms with van der Waals surface area (Å²) in [6, 6.07) is 8.43. The molecule has 1 rings (SSSR count). The number of hydrogen-bond donors (Lipinski definition) is 1. The van der Waals surface area contributed by atoms with Gasteiger partial charge >= 0.3 is 0 Å². The summed E-state index contributed by atoms with van der Waals surface area (Å²) in [5.41, 5.74) is 1.08. The Morgan fingerprint density at radius 3 is 2.48 bits per heavy atom. The standard InChI is InChI=1S/C18H30ClNO/c1-4-5-6-7-10-13-21-18(14-20-15(2)3)16-11-8-9-12-17(16)19/h8-9,11-12,15,18,20H,4-7,10,13-14H2,1-3H3. The molecule has 120 valence electrons. The summed E-state index contributed by atoms with van der Waals surface area (Å²) in [4.78, 5) is 0. The molecule has 0 saturated carbocycles. The fourth-order valence-electron chi connectivity index (χ4n) is 2.27. The van der Waals surface area contributed by atoms with Gasteiger partial charge in [-0.1, -0.05) is 76.3 Å². The number of nitrogens with one attached hydrogen (secondary N) is 1. The van der Waals surface area contributed by atoms with Crippen molar-refractivity contribution in [3.05, 3.63) is 34.9 Å². The average molecular weight is 312 g/mol. The first-order valence-corrected chi connectivity index (χ1v) is 8.62. The van der Waals surface area contributed by atoms with Crippen molar-refractivity contribution >= 4 is 11.6 Å². The van der Waals surface area contributed by atoms with Gasteiger partial charge < -0.3 is 10.1 Å². The minimum atomic E-state index is 0.0345. The van der Waals surface area contributed by atoms with Crippen molar-refractivity contribution < 1.29 is 4.74 Å². The Hall–Kier alpha value is -0.570. The minimum absolute atomic E-state index is 0.0345. The topological polar surface area (TPSA) is 21.3 Å². The Bertz CT molecular complexity index is 381. The summed E-state index contributed by atoms with van der Waals surface area (Å²) >= 11 is 6.31. The van der Waals surface area contributed by atoms with Crippen molar-refractivity contribution in [1.82, 2.24) is 5.32 Å². The predicted molar refractivity (Wildman–Crippen MR) is 92.0 cm³/mol. The zero-order chi connectivity index (χ0) is 15.5. The molecule has 0 fully saturated rings. The van der Waals surface area contributed by atoms with Gasteiger partial charge in [-0.3, -0.25) is 0 Å². The largest absolute Gasteiger partial charge is 0.372 e. The fourth-order valence-corrected chi connectivity index (χ4v) is 2.53. The first kappa shape index (κ1) is 18.5. The van der Waals surface area contributed by atoms with E-state index in [0.29, 0.717) is 6.04 Å². The normalized spacial score (nSPS) is 12.8. The molecule has 0 radical (unpaired) electrons. The van der Waals surface area contributed by atoms with Crippen molar-refractivity contribution in [1.29, 1.82) is 0 Å². The summed E-state index contributed by atoms with van der Waals surface area (Å²) in [5.74, 6) is 0. The molecule has 0 saturated heterocycles. The Morgan fingerprint density at radius 2 is 1.81 bits per heavy atom. The van der Waals surface area contributed by atoms with Crippen LogP contribution in [0.2, 0.25) is 5.02 Å². The highest BCUT2D eigenvalue weighted by molar-refractivity contribution is 6.31. The Labute approximate surface area is 135 Å². The van der Waals surface area contributed by atoms with Gasteiger partial charge in [-0.2, -0.15) is 0 Å². The fraction of sp³-hybridized carbons (Fsp3) is 0.667. The highest BCUT2D eigenvalue weighted by atomic mass is 35.5. The second kappa shape index (κ2) is 11.1. The molecule has 0 aliphatic heterocycles. The average Bonchev–Trinajstić information content (AvgIpc) is 2.46. The Morgan fingerprint density at radius 1 is 1.10 bits per heavy atom. The molecule has 21 heavy (non-hydrogen) atoms. The zero-order valence-electron chi connectivity index (χ0n) is 13.7. The molecule has 1 aromatic rings. The van der Waals surface area contributed by atoms with E-state index in [1.165, 1.54) is 25.7 Å². The van der Waals surface area contributed by atoms with Gasteiger partial charge in [0, 0.05) is 29.8 Å². The van der Waals surface area contributed by atoms with E-state index in [9.17, 15) is 0 Å². The number of halogens is 1. The Kier molecular flexibility index (Phi) is 9.73. The summed E-state index contributed by atoms with van der Waals surface area (Å²) in [7, 11) is 0. The molecule has 0 bridgehead atoms. The van der Waals surface area contributed by atoms with Gasteiger partial charge in [-0.15, -0.1) is 0 Å². The lowest BCUT2D eigenvalue weighted by molar-refractivity contribution is 0.0486. The van der Waals surface area contributed by atoms with Crippen LogP contribution in [-0.2, 0) is 4.74 Å². The molecule has 0 aliphatic rings. The van der Waals surface area contributed by atoms with E-state index in [1.54, 1.807) is 0 Å². The van der Waals surface area contributed by atoms with Gasteiger partial charge in [0.05, 0.1) is 6.10 Å². The quantitative estimate of drug-likeness (QED) is 0.555. The van der Waals surface area contributed by atoms with E-state index < -0.39 is 0 Å².